The van der Waals surface area contributed by atoms with Crippen LogP contribution < -0.4 is 5.32 Å². The Labute approximate surface area is 178 Å². The number of nitrogens with zero attached hydrogens (tertiary/aromatic N) is 2. The van der Waals surface area contributed by atoms with Crippen LogP contribution in [0.2, 0.25) is 0 Å². The zero-order valence-corrected chi connectivity index (χ0v) is 17.7. The number of carbonyl (C=O) groups excluding carboxylic acids is 1. The Kier molecular flexibility index (Phi) is 6.62. The van der Waals surface area contributed by atoms with E-state index in [-0.39, 0.29) is 39.0 Å². The molecule has 168 valence electrons. The first-order chi connectivity index (χ1) is 14.6. The molecular weight excluding hydrogens is 428 g/mol. The lowest BCUT2D eigenvalue weighted by Gasteiger charge is -2.36. The van der Waals surface area contributed by atoms with Gasteiger partial charge in [0, 0.05) is 61.0 Å². The van der Waals surface area contributed by atoms with Crippen molar-refractivity contribution in [2.75, 3.05) is 37.8 Å². The van der Waals surface area contributed by atoms with Crippen LogP contribution in [0.1, 0.15) is 24.4 Å². The first kappa shape index (κ1) is 22.7. The molecule has 1 amide bonds. The van der Waals surface area contributed by atoms with E-state index in [1.54, 1.807) is 29.3 Å². The number of carbonyl (C=O) groups is 3. The molecule has 0 spiro atoms. The van der Waals surface area contributed by atoms with Crippen molar-refractivity contribution in [1.29, 1.82) is 0 Å². The Morgan fingerprint density at radius 2 is 1.81 bits per heavy atom. The summed E-state index contributed by atoms with van der Waals surface area (Å²) in [7, 11) is -3.32. The molecule has 11 nitrogen and oxygen atoms in total. The van der Waals surface area contributed by atoms with E-state index < -0.39 is 33.9 Å². The number of anilines is 1. The van der Waals surface area contributed by atoms with Crippen molar-refractivity contribution in [3.8, 4) is 0 Å². The summed E-state index contributed by atoms with van der Waals surface area (Å²) in [6.45, 7) is 1.01. The van der Waals surface area contributed by atoms with E-state index >= 15 is 0 Å². The summed E-state index contributed by atoms with van der Waals surface area (Å²) in [5.41, 5.74) is 1.62. The molecule has 1 saturated heterocycles. The number of aliphatic carboxylic acids is 2. The van der Waals surface area contributed by atoms with Gasteiger partial charge in [-0.15, -0.1) is 0 Å². The number of sulfonamides is 1. The van der Waals surface area contributed by atoms with Crippen LogP contribution in [0.25, 0.3) is 10.9 Å². The summed E-state index contributed by atoms with van der Waals surface area (Å²) in [5, 5.41) is 21.8. The number of piperazine rings is 1. The molecule has 0 unspecified atom stereocenters. The van der Waals surface area contributed by atoms with Crippen LogP contribution in [0.5, 0.6) is 0 Å². The maximum Gasteiger partial charge on any atom is 0.325 e. The van der Waals surface area contributed by atoms with Crippen molar-refractivity contribution < 1.29 is 33.0 Å². The zero-order chi connectivity index (χ0) is 22.8. The number of nitrogens with one attached hydrogen (secondary N) is 2. The Morgan fingerprint density at radius 3 is 2.39 bits per heavy atom. The van der Waals surface area contributed by atoms with Crippen molar-refractivity contribution in [2.45, 2.75) is 18.9 Å². The van der Waals surface area contributed by atoms with Gasteiger partial charge in [0.1, 0.15) is 6.04 Å². The molecule has 1 aromatic heterocycles. The van der Waals surface area contributed by atoms with Crippen LogP contribution in [0.4, 0.5) is 5.69 Å². The molecule has 31 heavy (non-hydrogen) atoms. The van der Waals surface area contributed by atoms with E-state index in [4.69, 9.17) is 5.11 Å². The van der Waals surface area contributed by atoms with Gasteiger partial charge in [-0.3, -0.25) is 19.3 Å². The summed E-state index contributed by atoms with van der Waals surface area (Å²) >= 11 is 0. The van der Waals surface area contributed by atoms with E-state index in [9.17, 15) is 27.9 Å². The van der Waals surface area contributed by atoms with Gasteiger partial charge in [0.05, 0.1) is 12.7 Å². The number of hydrogen-bond acceptors (Lipinski definition) is 6. The molecule has 12 heteroatoms. The molecule has 0 radical (unpaired) electrons. The molecule has 1 fully saturated rings. The largest absolute Gasteiger partial charge is 0.481 e. The molecule has 0 bridgehead atoms. The quantitative estimate of drug-likeness (QED) is 0.455. The topological polar surface area (TPSA) is 160 Å². The molecule has 4 N–H and O–H groups in total. The standard InChI is InChI=1S/C19H24N4O7S/c1-31(29,30)23-8-6-22(7-9-23)18(19(27)28)14-11-20-15-10-12(2-3-13(14)15)21-16(24)4-5-17(25)26/h2-3,10-11,18,20H,4-9H2,1H3,(H,21,24)(H,25,26)(H,27,28)/t18-/m0/s1. The average Bonchev–Trinajstić information content (AvgIpc) is 3.09. The molecule has 1 atom stereocenters. The number of carboxylic acids is 2. The number of fused-ring (bicyclic) bond motifs is 1. The number of aromatic amines is 1. The molecular formula is C19H24N4O7S. The van der Waals surface area contributed by atoms with Gasteiger partial charge in [-0.05, 0) is 12.1 Å². The minimum Gasteiger partial charge on any atom is -0.481 e. The van der Waals surface area contributed by atoms with Crippen LogP contribution in [-0.2, 0) is 24.4 Å². The summed E-state index contributed by atoms with van der Waals surface area (Å²) in [6.07, 6.45) is 2.31. The molecule has 1 aromatic carbocycles. The second-order valence-electron chi connectivity index (χ2n) is 7.39. The average molecular weight is 452 g/mol. The third-order valence-corrected chi connectivity index (χ3v) is 6.50. The van der Waals surface area contributed by atoms with Crippen LogP contribution in [0, 0.1) is 0 Å². The highest BCUT2D eigenvalue weighted by Crippen LogP contribution is 2.31. The predicted molar refractivity (Wildman–Crippen MR) is 112 cm³/mol. The highest BCUT2D eigenvalue weighted by Gasteiger charge is 2.33. The minimum absolute atomic E-state index is 0.149. The van der Waals surface area contributed by atoms with E-state index in [0.29, 0.717) is 22.2 Å². The summed E-state index contributed by atoms with van der Waals surface area (Å²) in [5.74, 6) is -2.53. The number of carboxylic acid groups (broad SMARTS) is 2. The molecule has 2 heterocycles. The molecule has 2 aromatic rings. The third-order valence-electron chi connectivity index (χ3n) is 5.20. The molecule has 0 saturated carbocycles. The number of amides is 1. The number of H-pyrrole nitrogens is 1. The fourth-order valence-corrected chi connectivity index (χ4v) is 4.50. The van der Waals surface area contributed by atoms with Crippen molar-refractivity contribution in [2.24, 2.45) is 0 Å². The fourth-order valence-electron chi connectivity index (χ4n) is 3.68. The maximum atomic E-state index is 12.1. The number of aromatic nitrogens is 1. The van der Waals surface area contributed by atoms with Crippen molar-refractivity contribution in [3.05, 3.63) is 30.0 Å². The van der Waals surface area contributed by atoms with Crippen LogP contribution in [-0.4, -0.2) is 83.1 Å². The lowest BCUT2D eigenvalue weighted by molar-refractivity contribution is -0.144. The highest BCUT2D eigenvalue weighted by atomic mass is 32.2. The number of hydrogen-bond donors (Lipinski definition) is 4. The van der Waals surface area contributed by atoms with Crippen LogP contribution >= 0.6 is 0 Å². The van der Waals surface area contributed by atoms with Gasteiger partial charge in [-0.1, -0.05) is 6.07 Å². The molecule has 3 rings (SSSR count). The van der Waals surface area contributed by atoms with Crippen molar-refractivity contribution >= 4 is 44.5 Å². The lowest BCUT2D eigenvalue weighted by Crippen LogP contribution is -2.50. The Balaban J connectivity index is 1.78. The van der Waals surface area contributed by atoms with Gasteiger partial charge in [-0.2, -0.15) is 4.31 Å². The number of benzene rings is 1. The minimum atomic E-state index is -3.32. The summed E-state index contributed by atoms with van der Waals surface area (Å²) < 4.78 is 24.8. The molecule has 1 aliphatic rings. The summed E-state index contributed by atoms with van der Waals surface area (Å²) in [4.78, 5) is 39.2. The molecule has 0 aliphatic carbocycles. The Morgan fingerprint density at radius 1 is 1.13 bits per heavy atom. The van der Waals surface area contributed by atoms with Crippen molar-refractivity contribution in [3.63, 3.8) is 0 Å². The number of rotatable bonds is 8. The van der Waals surface area contributed by atoms with E-state index in [1.807, 2.05) is 0 Å². The Hall–Kier alpha value is -2.96. The summed E-state index contributed by atoms with van der Waals surface area (Å²) in [6, 6.07) is 4.01. The van der Waals surface area contributed by atoms with Crippen molar-refractivity contribution in [1.82, 2.24) is 14.2 Å². The Bertz CT molecular complexity index is 1100. The normalized spacial score (nSPS) is 16.8. The highest BCUT2D eigenvalue weighted by molar-refractivity contribution is 7.88. The van der Waals surface area contributed by atoms with Crippen LogP contribution in [0.3, 0.4) is 0 Å². The monoisotopic (exact) mass is 452 g/mol. The second-order valence-corrected chi connectivity index (χ2v) is 9.37. The van der Waals surface area contributed by atoms with Gasteiger partial charge < -0.3 is 20.5 Å². The van der Waals surface area contributed by atoms with Gasteiger partial charge in [0.25, 0.3) is 0 Å². The van der Waals surface area contributed by atoms with Gasteiger partial charge in [0.15, 0.2) is 0 Å². The van der Waals surface area contributed by atoms with E-state index in [1.165, 1.54) is 4.31 Å². The van der Waals surface area contributed by atoms with Gasteiger partial charge in [0.2, 0.25) is 15.9 Å². The first-order valence-electron chi connectivity index (χ1n) is 9.61. The van der Waals surface area contributed by atoms with Crippen LogP contribution in [0.15, 0.2) is 24.4 Å². The smallest absolute Gasteiger partial charge is 0.325 e. The van der Waals surface area contributed by atoms with Gasteiger partial charge in [-0.25, -0.2) is 8.42 Å². The maximum absolute atomic E-state index is 12.1. The fraction of sp³-hybridized carbons (Fsp3) is 0.421. The lowest BCUT2D eigenvalue weighted by atomic mass is 10.0. The van der Waals surface area contributed by atoms with E-state index in [2.05, 4.69) is 10.3 Å². The second kappa shape index (κ2) is 9.04. The first-order valence-corrected chi connectivity index (χ1v) is 11.5. The third kappa shape index (κ3) is 5.40. The van der Waals surface area contributed by atoms with Gasteiger partial charge >= 0.3 is 11.9 Å². The van der Waals surface area contributed by atoms with E-state index in [0.717, 1.165) is 6.26 Å². The molecule has 1 aliphatic heterocycles. The SMILES string of the molecule is CS(=O)(=O)N1CCN([C@H](C(=O)O)c2c[nH]c3cc(NC(=O)CCC(=O)O)ccc23)CC1. The zero-order valence-electron chi connectivity index (χ0n) is 16.9. The predicted octanol–water partition coefficient (Wildman–Crippen LogP) is 0.674.